The summed E-state index contributed by atoms with van der Waals surface area (Å²) in [6.45, 7) is 1.63. The van der Waals surface area contributed by atoms with Crippen LogP contribution in [-0.2, 0) is 4.74 Å². The monoisotopic (exact) mass is 171 g/mol. The molecule has 0 unspecified atom stereocenters. The number of hydrogen-bond acceptors (Lipinski definition) is 4. The molecular weight excluding hydrogens is 158 g/mol. The van der Waals surface area contributed by atoms with Crippen molar-refractivity contribution in [1.29, 1.82) is 0 Å². The summed E-state index contributed by atoms with van der Waals surface area (Å²) in [4.78, 5) is 2.23. The molecule has 4 heteroatoms. The highest BCUT2D eigenvalue weighted by molar-refractivity contribution is 5.17. The highest BCUT2D eigenvalue weighted by atomic mass is 16.5. The Morgan fingerprint density at radius 1 is 1.58 bits per heavy atom. The van der Waals surface area contributed by atoms with Crippen molar-refractivity contribution >= 4 is 0 Å². The molecule has 2 bridgehead atoms. The molecule has 0 radical (unpaired) electrons. The van der Waals surface area contributed by atoms with Crippen LogP contribution < -0.4 is 0 Å². The van der Waals surface area contributed by atoms with Crippen LogP contribution in [0.15, 0.2) is 0 Å². The molecule has 0 aromatic carbocycles. The number of fused-ring (bicyclic) bond motifs is 1. The fourth-order valence-electron chi connectivity index (χ4n) is 2.94. The first-order valence-corrected chi connectivity index (χ1v) is 4.48. The normalized spacial score (nSPS) is 57.0. The summed E-state index contributed by atoms with van der Waals surface area (Å²) in [7, 11) is 0. The maximum Gasteiger partial charge on any atom is 0.133 e. The highest BCUT2D eigenvalue weighted by Crippen LogP contribution is 2.45. The quantitative estimate of drug-likeness (QED) is 0.507. The van der Waals surface area contributed by atoms with Crippen LogP contribution in [0, 0.1) is 0 Å². The van der Waals surface area contributed by atoms with Gasteiger partial charge in [0.15, 0.2) is 0 Å². The lowest BCUT2D eigenvalue weighted by Crippen LogP contribution is -2.47. The topological polar surface area (TPSA) is 52.9 Å². The minimum absolute atomic E-state index is 0.0625. The van der Waals surface area contributed by atoms with E-state index in [1.807, 2.05) is 0 Å². The molecule has 0 amide bonds. The smallest absolute Gasteiger partial charge is 0.133 e. The van der Waals surface area contributed by atoms with Crippen molar-refractivity contribution in [2.24, 2.45) is 0 Å². The average molecular weight is 171 g/mol. The van der Waals surface area contributed by atoms with Gasteiger partial charge in [-0.1, -0.05) is 0 Å². The predicted molar refractivity (Wildman–Crippen MR) is 40.7 cm³/mol. The van der Waals surface area contributed by atoms with E-state index in [0.717, 1.165) is 19.5 Å². The van der Waals surface area contributed by atoms with E-state index < -0.39 is 5.60 Å². The summed E-state index contributed by atoms with van der Waals surface area (Å²) in [6, 6.07) is 0.0625. The Hall–Kier alpha value is -0.160. The lowest BCUT2D eigenvalue weighted by molar-refractivity contribution is -0.0590. The van der Waals surface area contributed by atoms with Crippen LogP contribution in [0.2, 0.25) is 0 Å². The summed E-state index contributed by atoms with van der Waals surface area (Å²) in [6.07, 6.45) is 1.02. The molecule has 68 valence electrons. The van der Waals surface area contributed by atoms with Gasteiger partial charge in [-0.2, -0.15) is 0 Å². The Labute approximate surface area is 70.7 Å². The minimum atomic E-state index is -0.971. The van der Waals surface area contributed by atoms with E-state index >= 15 is 0 Å². The lowest BCUT2D eigenvalue weighted by Gasteiger charge is -2.24. The van der Waals surface area contributed by atoms with Gasteiger partial charge in [-0.05, 0) is 6.42 Å². The van der Waals surface area contributed by atoms with Crippen molar-refractivity contribution < 1.29 is 14.9 Å². The second-order valence-electron chi connectivity index (χ2n) is 4.04. The van der Waals surface area contributed by atoms with Crippen LogP contribution in [-0.4, -0.2) is 58.7 Å². The van der Waals surface area contributed by atoms with Gasteiger partial charge >= 0.3 is 0 Å². The molecule has 0 spiro atoms. The second kappa shape index (κ2) is 2.01. The summed E-state index contributed by atoms with van der Waals surface area (Å²) < 4.78 is 5.61. The van der Waals surface area contributed by atoms with Gasteiger partial charge in [0.25, 0.3) is 0 Å². The van der Waals surface area contributed by atoms with Gasteiger partial charge in [-0.15, -0.1) is 0 Å². The van der Waals surface area contributed by atoms with Crippen LogP contribution in [0.5, 0.6) is 0 Å². The fourth-order valence-corrected chi connectivity index (χ4v) is 2.94. The van der Waals surface area contributed by atoms with Gasteiger partial charge in [-0.25, -0.2) is 0 Å². The van der Waals surface area contributed by atoms with E-state index in [2.05, 4.69) is 4.90 Å². The van der Waals surface area contributed by atoms with Gasteiger partial charge in [0.2, 0.25) is 0 Å². The first-order valence-electron chi connectivity index (χ1n) is 4.48. The summed E-state index contributed by atoms with van der Waals surface area (Å²) in [5.74, 6) is 0. The molecule has 3 heterocycles. The molecule has 0 saturated carbocycles. The summed E-state index contributed by atoms with van der Waals surface area (Å²) >= 11 is 0. The molecule has 3 rings (SSSR count). The van der Waals surface area contributed by atoms with E-state index in [1.165, 1.54) is 0 Å². The fraction of sp³-hybridized carbons (Fsp3) is 1.00. The Morgan fingerprint density at radius 2 is 2.42 bits per heavy atom. The third kappa shape index (κ3) is 0.599. The molecule has 0 aromatic heterocycles. The Kier molecular flexibility index (Phi) is 1.22. The number of aliphatic hydroxyl groups is 2. The van der Waals surface area contributed by atoms with Crippen molar-refractivity contribution in [2.75, 3.05) is 19.7 Å². The van der Waals surface area contributed by atoms with Gasteiger partial charge in [-0.3, -0.25) is 4.90 Å². The van der Waals surface area contributed by atoms with Crippen molar-refractivity contribution in [2.45, 2.75) is 30.3 Å². The van der Waals surface area contributed by atoms with Crippen LogP contribution in [0.3, 0.4) is 0 Å². The van der Waals surface area contributed by atoms with Crippen molar-refractivity contribution in [3.8, 4) is 0 Å². The largest absolute Gasteiger partial charge is 0.393 e. The SMILES string of the molecule is OC[C@]1(O)[C@@H]2[C@H]3CCN2C[C@H]1O3. The van der Waals surface area contributed by atoms with E-state index in [9.17, 15) is 5.11 Å². The summed E-state index contributed by atoms with van der Waals surface area (Å²) in [5, 5.41) is 19.2. The number of aliphatic hydroxyl groups excluding tert-OH is 1. The van der Waals surface area contributed by atoms with E-state index in [4.69, 9.17) is 9.84 Å². The Bertz CT molecular complexity index is 208. The molecule has 4 nitrogen and oxygen atoms in total. The highest BCUT2D eigenvalue weighted by Gasteiger charge is 2.65. The summed E-state index contributed by atoms with van der Waals surface area (Å²) in [5.41, 5.74) is -0.971. The first kappa shape index (κ1) is 7.26. The molecule has 12 heavy (non-hydrogen) atoms. The molecule has 2 N–H and O–H groups in total. The zero-order valence-electron chi connectivity index (χ0n) is 6.81. The van der Waals surface area contributed by atoms with Gasteiger partial charge in [0.05, 0.1) is 18.8 Å². The van der Waals surface area contributed by atoms with Gasteiger partial charge < -0.3 is 14.9 Å². The van der Waals surface area contributed by atoms with Crippen LogP contribution >= 0.6 is 0 Å². The first-order chi connectivity index (χ1) is 5.75. The van der Waals surface area contributed by atoms with Crippen LogP contribution in [0.1, 0.15) is 6.42 Å². The average Bonchev–Trinajstić information content (AvgIpc) is 2.59. The zero-order chi connectivity index (χ0) is 8.34. The minimum Gasteiger partial charge on any atom is -0.393 e. The maximum absolute atomic E-state index is 10.1. The predicted octanol–water partition coefficient (Wildman–Crippen LogP) is -1.43. The van der Waals surface area contributed by atoms with Gasteiger partial charge in [0, 0.05) is 13.1 Å². The van der Waals surface area contributed by atoms with Crippen LogP contribution in [0.4, 0.5) is 0 Å². The third-order valence-electron chi connectivity index (χ3n) is 3.51. The molecule has 0 aromatic rings. The third-order valence-corrected chi connectivity index (χ3v) is 3.51. The van der Waals surface area contributed by atoms with Crippen LogP contribution in [0.25, 0.3) is 0 Å². The number of hydrogen-bond donors (Lipinski definition) is 2. The van der Waals surface area contributed by atoms with Gasteiger partial charge in [0.1, 0.15) is 11.7 Å². The molecule has 4 atom stereocenters. The molecule has 0 aliphatic carbocycles. The molecule has 3 aliphatic rings. The van der Waals surface area contributed by atoms with E-state index in [-0.39, 0.29) is 24.9 Å². The standard InChI is InChI=1S/C8H13NO3/c10-4-8(11)6-3-9-2-1-5(12-6)7(8)9/h5-7,10-11H,1-4H2/t5-,6-,7+,8-/m1/s1. The Balaban J connectivity index is 2.01. The van der Waals surface area contributed by atoms with Crippen molar-refractivity contribution in [3.63, 3.8) is 0 Å². The van der Waals surface area contributed by atoms with Crippen molar-refractivity contribution in [1.82, 2.24) is 4.90 Å². The maximum atomic E-state index is 10.1. The number of morpholine rings is 1. The molecule has 3 fully saturated rings. The lowest BCUT2D eigenvalue weighted by atomic mass is 9.94. The number of rotatable bonds is 1. The molecule has 3 aliphatic heterocycles. The molecular formula is C8H13NO3. The van der Waals surface area contributed by atoms with Crippen molar-refractivity contribution in [3.05, 3.63) is 0 Å². The zero-order valence-corrected chi connectivity index (χ0v) is 6.81. The molecule has 3 saturated heterocycles. The number of nitrogens with zero attached hydrogens (tertiary/aromatic N) is 1. The second-order valence-corrected chi connectivity index (χ2v) is 4.04. The van der Waals surface area contributed by atoms with E-state index in [1.54, 1.807) is 0 Å². The number of ether oxygens (including phenoxy) is 1. The van der Waals surface area contributed by atoms with E-state index in [0.29, 0.717) is 0 Å². The Morgan fingerprint density at radius 3 is 3.00 bits per heavy atom.